The number of hydrogen-bond donors (Lipinski definition) is 2. The predicted octanol–water partition coefficient (Wildman–Crippen LogP) is 2.95. The fraction of sp³-hybridized carbons (Fsp3) is 0.647. The molecule has 0 unspecified atom stereocenters. The zero-order chi connectivity index (χ0) is 15.3. The van der Waals surface area contributed by atoms with Crippen LogP contribution in [0.3, 0.4) is 0 Å². The molecule has 0 aromatic heterocycles. The van der Waals surface area contributed by atoms with Gasteiger partial charge in [0.25, 0.3) is 0 Å². The summed E-state index contributed by atoms with van der Waals surface area (Å²) in [5, 5.41) is 13.4. The summed E-state index contributed by atoms with van der Waals surface area (Å²) in [6.07, 6.45) is 0. The summed E-state index contributed by atoms with van der Waals surface area (Å²) in [6.45, 7) is 12.8. The van der Waals surface area contributed by atoms with Gasteiger partial charge in [0.15, 0.2) is 0 Å². The SMILES string of the molecule is Cc1cc(N(C)CC(C)(C)O)ccc1CNCC(C)C. The van der Waals surface area contributed by atoms with Crippen molar-refractivity contribution in [3.05, 3.63) is 29.3 Å². The minimum atomic E-state index is -0.680. The zero-order valence-corrected chi connectivity index (χ0v) is 13.8. The van der Waals surface area contributed by atoms with Crippen molar-refractivity contribution in [2.24, 2.45) is 5.92 Å². The molecule has 0 bridgehead atoms. The topological polar surface area (TPSA) is 35.5 Å². The van der Waals surface area contributed by atoms with Crippen LogP contribution < -0.4 is 10.2 Å². The minimum Gasteiger partial charge on any atom is -0.389 e. The number of nitrogens with one attached hydrogen (secondary N) is 1. The van der Waals surface area contributed by atoms with Gasteiger partial charge in [0, 0.05) is 25.8 Å². The van der Waals surface area contributed by atoms with E-state index < -0.39 is 5.60 Å². The summed E-state index contributed by atoms with van der Waals surface area (Å²) in [5.74, 6) is 0.674. The summed E-state index contributed by atoms with van der Waals surface area (Å²) in [4.78, 5) is 2.10. The second-order valence-electron chi connectivity index (χ2n) is 6.80. The van der Waals surface area contributed by atoms with Crippen LogP contribution in [0.2, 0.25) is 0 Å². The Labute approximate surface area is 124 Å². The summed E-state index contributed by atoms with van der Waals surface area (Å²) >= 11 is 0. The summed E-state index contributed by atoms with van der Waals surface area (Å²) < 4.78 is 0. The van der Waals surface area contributed by atoms with Gasteiger partial charge in [-0.25, -0.2) is 0 Å². The van der Waals surface area contributed by atoms with E-state index in [-0.39, 0.29) is 0 Å². The Balaban J connectivity index is 2.67. The lowest BCUT2D eigenvalue weighted by Gasteiger charge is -2.27. The smallest absolute Gasteiger partial charge is 0.0765 e. The first-order valence-electron chi connectivity index (χ1n) is 7.43. The van der Waals surface area contributed by atoms with Crippen molar-refractivity contribution in [3.8, 4) is 0 Å². The summed E-state index contributed by atoms with van der Waals surface area (Å²) in [7, 11) is 2.02. The van der Waals surface area contributed by atoms with Crippen LogP contribution in [0.4, 0.5) is 5.69 Å². The zero-order valence-electron chi connectivity index (χ0n) is 13.8. The number of benzene rings is 1. The maximum absolute atomic E-state index is 9.89. The van der Waals surface area contributed by atoms with Crippen LogP contribution in [0.1, 0.15) is 38.8 Å². The highest BCUT2D eigenvalue weighted by Gasteiger charge is 2.16. The van der Waals surface area contributed by atoms with Crippen molar-refractivity contribution < 1.29 is 5.11 Å². The second-order valence-corrected chi connectivity index (χ2v) is 6.80. The molecular formula is C17H30N2O. The molecule has 0 amide bonds. The third-order valence-electron chi connectivity index (χ3n) is 3.26. The Morgan fingerprint density at radius 3 is 2.45 bits per heavy atom. The van der Waals surface area contributed by atoms with Gasteiger partial charge in [-0.15, -0.1) is 0 Å². The minimum absolute atomic E-state index is 0.622. The van der Waals surface area contributed by atoms with E-state index in [4.69, 9.17) is 0 Å². The van der Waals surface area contributed by atoms with Crippen molar-refractivity contribution in [2.75, 3.05) is 25.0 Å². The van der Waals surface area contributed by atoms with E-state index in [2.05, 4.69) is 49.2 Å². The Hall–Kier alpha value is -1.06. The van der Waals surface area contributed by atoms with Crippen LogP contribution in [-0.4, -0.2) is 30.8 Å². The first-order valence-corrected chi connectivity index (χ1v) is 7.43. The van der Waals surface area contributed by atoms with Gasteiger partial charge in [-0.05, 0) is 56.5 Å². The van der Waals surface area contributed by atoms with E-state index in [1.165, 1.54) is 11.1 Å². The average molecular weight is 278 g/mol. The Morgan fingerprint density at radius 2 is 1.95 bits per heavy atom. The van der Waals surface area contributed by atoms with E-state index in [0.717, 1.165) is 18.8 Å². The lowest BCUT2D eigenvalue weighted by molar-refractivity contribution is 0.0886. The van der Waals surface area contributed by atoms with E-state index in [0.29, 0.717) is 12.5 Å². The molecule has 3 nitrogen and oxygen atoms in total. The molecule has 0 heterocycles. The van der Waals surface area contributed by atoms with Gasteiger partial charge >= 0.3 is 0 Å². The molecule has 0 spiro atoms. The molecule has 20 heavy (non-hydrogen) atoms. The average Bonchev–Trinajstić information content (AvgIpc) is 2.28. The lowest BCUT2D eigenvalue weighted by Crippen LogP contribution is -2.36. The molecule has 114 valence electrons. The van der Waals surface area contributed by atoms with Crippen molar-refractivity contribution in [1.82, 2.24) is 5.32 Å². The van der Waals surface area contributed by atoms with Crippen LogP contribution in [0.5, 0.6) is 0 Å². The number of rotatable bonds is 7. The van der Waals surface area contributed by atoms with Crippen LogP contribution in [0, 0.1) is 12.8 Å². The molecule has 1 rings (SSSR count). The standard InChI is InChI=1S/C17H30N2O/c1-13(2)10-18-11-15-7-8-16(9-14(15)3)19(6)12-17(4,5)20/h7-9,13,18,20H,10-12H2,1-6H3. The summed E-state index contributed by atoms with van der Waals surface area (Å²) in [5.41, 5.74) is 3.10. The summed E-state index contributed by atoms with van der Waals surface area (Å²) in [6, 6.07) is 6.50. The third kappa shape index (κ3) is 5.93. The van der Waals surface area contributed by atoms with Gasteiger partial charge < -0.3 is 15.3 Å². The van der Waals surface area contributed by atoms with E-state index in [1.54, 1.807) is 0 Å². The molecule has 0 atom stereocenters. The van der Waals surface area contributed by atoms with Crippen molar-refractivity contribution >= 4 is 5.69 Å². The van der Waals surface area contributed by atoms with Crippen LogP contribution in [-0.2, 0) is 6.54 Å². The Bertz CT molecular complexity index is 421. The Kier molecular flexibility index (Phi) is 6.03. The van der Waals surface area contributed by atoms with E-state index in [1.807, 2.05) is 20.9 Å². The predicted molar refractivity (Wildman–Crippen MR) is 87.3 cm³/mol. The largest absolute Gasteiger partial charge is 0.389 e. The van der Waals surface area contributed by atoms with Gasteiger partial charge in [-0.1, -0.05) is 19.9 Å². The number of nitrogens with zero attached hydrogens (tertiary/aromatic N) is 1. The van der Waals surface area contributed by atoms with Crippen LogP contribution in [0.15, 0.2) is 18.2 Å². The lowest BCUT2D eigenvalue weighted by atomic mass is 10.1. The molecule has 0 aliphatic carbocycles. The van der Waals surface area contributed by atoms with Gasteiger partial charge in [-0.3, -0.25) is 0 Å². The van der Waals surface area contributed by atoms with Crippen molar-refractivity contribution in [2.45, 2.75) is 46.8 Å². The highest BCUT2D eigenvalue weighted by atomic mass is 16.3. The molecule has 3 heteroatoms. The van der Waals surface area contributed by atoms with Gasteiger partial charge in [0.05, 0.1) is 5.60 Å². The number of hydrogen-bond acceptors (Lipinski definition) is 3. The van der Waals surface area contributed by atoms with E-state index >= 15 is 0 Å². The molecule has 1 aromatic rings. The molecule has 2 N–H and O–H groups in total. The highest BCUT2D eigenvalue weighted by molar-refractivity contribution is 5.50. The molecular weight excluding hydrogens is 248 g/mol. The molecule has 0 radical (unpaired) electrons. The Morgan fingerprint density at radius 1 is 1.30 bits per heavy atom. The van der Waals surface area contributed by atoms with Crippen molar-refractivity contribution in [1.29, 1.82) is 0 Å². The fourth-order valence-corrected chi connectivity index (χ4v) is 2.28. The monoisotopic (exact) mass is 278 g/mol. The van der Waals surface area contributed by atoms with Gasteiger partial charge in [-0.2, -0.15) is 0 Å². The molecule has 0 aliphatic rings. The van der Waals surface area contributed by atoms with Gasteiger partial charge in [0.1, 0.15) is 0 Å². The number of anilines is 1. The molecule has 0 saturated carbocycles. The first-order chi connectivity index (χ1) is 9.19. The fourth-order valence-electron chi connectivity index (χ4n) is 2.28. The highest BCUT2D eigenvalue weighted by Crippen LogP contribution is 2.20. The maximum Gasteiger partial charge on any atom is 0.0765 e. The number of aryl methyl sites for hydroxylation is 1. The maximum atomic E-state index is 9.89. The van der Waals surface area contributed by atoms with Gasteiger partial charge in [0.2, 0.25) is 0 Å². The number of aliphatic hydroxyl groups is 1. The molecule has 0 saturated heterocycles. The molecule has 1 aromatic carbocycles. The van der Waals surface area contributed by atoms with Crippen LogP contribution >= 0.6 is 0 Å². The third-order valence-corrected chi connectivity index (χ3v) is 3.26. The first kappa shape index (κ1) is 17.0. The number of likely N-dealkylation sites (N-methyl/N-ethyl adjacent to an activating group) is 1. The van der Waals surface area contributed by atoms with E-state index in [9.17, 15) is 5.11 Å². The van der Waals surface area contributed by atoms with Crippen LogP contribution in [0.25, 0.3) is 0 Å². The quantitative estimate of drug-likeness (QED) is 0.805. The molecule has 0 fully saturated rings. The normalized spacial score (nSPS) is 12.0. The van der Waals surface area contributed by atoms with Crippen molar-refractivity contribution in [3.63, 3.8) is 0 Å². The second kappa shape index (κ2) is 7.09. The molecule has 0 aliphatic heterocycles.